The average molecular weight is 413 g/mol. The molecule has 2 heterocycles. The minimum atomic E-state index is -3.57. The molecule has 1 fully saturated rings. The SMILES string of the molecule is Cc1ccc(S(=O)(=O)N2CCN(C(=O)c3oc4ccccc4c3C)CC2)cc1C. The van der Waals surface area contributed by atoms with Gasteiger partial charge in [0.05, 0.1) is 4.90 Å². The summed E-state index contributed by atoms with van der Waals surface area (Å²) in [5.41, 5.74) is 3.50. The third kappa shape index (κ3) is 3.45. The summed E-state index contributed by atoms with van der Waals surface area (Å²) in [6.45, 7) is 6.93. The van der Waals surface area contributed by atoms with Gasteiger partial charge in [-0.2, -0.15) is 4.31 Å². The van der Waals surface area contributed by atoms with Gasteiger partial charge in [0.2, 0.25) is 10.0 Å². The molecule has 7 heteroatoms. The van der Waals surface area contributed by atoms with Crippen LogP contribution in [0.25, 0.3) is 11.0 Å². The molecule has 6 nitrogen and oxygen atoms in total. The largest absolute Gasteiger partial charge is 0.451 e. The molecule has 0 aliphatic carbocycles. The molecule has 1 aromatic heterocycles. The lowest BCUT2D eigenvalue weighted by atomic mass is 10.1. The van der Waals surface area contributed by atoms with Crippen LogP contribution in [0.5, 0.6) is 0 Å². The predicted octanol–water partition coefficient (Wildman–Crippen LogP) is 3.50. The van der Waals surface area contributed by atoms with Crippen molar-refractivity contribution in [3.05, 3.63) is 64.9 Å². The van der Waals surface area contributed by atoms with E-state index >= 15 is 0 Å². The van der Waals surface area contributed by atoms with Gasteiger partial charge < -0.3 is 9.32 Å². The molecule has 1 aliphatic rings. The highest BCUT2D eigenvalue weighted by molar-refractivity contribution is 7.89. The van der Waals surface area contributed by atoms with Crippen LogP contribution in [-0.2, 0) is 10.0 Å². The van der Waals surface area contributed by atoms with Crippen LogP contribution in [0.15, 0.2) is 51.8 Å². The maximum Gasteiger partial charge on any atom is 0.289 e. The number of hydrogen-bond acceptors (Lipinski definition) is 4. The number of para-hydroxylation sites is 1. The highest BCUT2D eigenvalue weighted by atomic mass is 32.2. The molecule has 0 radical (unpaired) electrons. The number of sulfonamides is 1. The van der Waals surface area contributed by atoms with Gasteiger partial charge in [-0.05, 0) is 50.1 Å². The van der Waals surface area contributed by atoms with Crippen molar-refractivity contribution in [1.82, 2.24) is 9.21 Å². The second-order valence-electron chi connectivity index (χ2n) is 7.49. The van der Waals surface area contributed by atoms with Crippen molar-refractivity contribution in [2.45, 2.75) is 25.7 Å². The van der Waals surface area contributed by atoms with Crippen LogP contribution in [-0.4, -0.2) is 49.7 Å². The van der Waals surface area contributed by atoms with E-state index in [2.05, 4.69) is 0 Å². The van der Waals surface area contributed by atoms with E-state index in [9.17, 15) is 13.2 Å². The zero-order valence-corrected chi connectivity index (χ0v) is 17.6. The van der Waals surface area contributed by atoms with Gasteiger partial charge in [-0.3, -0.25) is 4.79 Å². The first kappa shape index (κ1) is 19.7. The van der Waals surface area contributed by atoms with E-state index in [4.69, 9.17) is 4.42 Å². The fraction of sp³-hybridized carbons (Fsp3) is 0.318. The number of amides is 1. The molecule has 0 bridgehead atoms. The number of hydrogen-bond donors (Lipinski definition) is 0. The topological polar surface area (TPSA) is 70.8 Å². The number of aryl methyl sites for hydroxylation is 3. The Morgan fingerprint density at radius 3 is 2.28 bits per heavy atom. The van der Waals surface area contributed by atoms with Crippen LogP contribution in [0.2, 0.25) is 0 Å². The molecule has 1 amide bonds. The smallest absolute Gasteiger partial charge is 0.289 e. The van der Waals surface area contributed by atoms with E-state index in [1.54, 1.807) is 17.0 Å². The molecular formula is C22H24N2O4S. The lowest BCUT2D eigenvalue weighted by Gasteiger charge is -2.33. The minimum Gasteiger partial charge on any atom is -0.451 e. The van der Waals surface area contributed by atoms with Crippen molar-refractivity contribution >= 4 is 26.9 Å². The Morgan fingerprint density at radius 2 is 1.62 bits per heavy atom. The van der Waals surface area contributed by atoms with Gasteiger partial charge in [0.25, 0.3) is 5.91 Å². The monoisotopic (exact) mass is 412 g/mol. The zero-order valence-electron chi connectivity index (χ0n) is 16.8. The first-order valence-electron chi connectivity index (χ1n) is 9.64. The van der Waals surface area contributed by atoms with E-state index in [0.717, 1.165) is 22.1 Å². The fourth-order valence-electron chi connectivity index (χ4n) is 3.68. The van der Waals surface area contributed by atoms with E-state index in [0.29, 0.717) is 29.3 Å². The maximum atomic E-state index is 13.0. The van der Waals surface area contributed by atoms with Crippen molar-refractivity contribution in [1.29, 1.82) is 0 Å². The van der Waals surface area contributed by atoms with E-state index in [1.165, 1.54) is 4.31 Å². The highest BCUT2D eigenvalue weighted by Gasteiger charge is 2.32. The van der Waals surface area contributed by atoms with Crippen LogP contribution >= 0.6 is 0 Å². The zero-order chi connectivity index (χ0) is 20.8. The van der Waals surface area contributed by atoms with Crippen molar-refractivity contribution in [2.24, 2.45) is 0 Å². The molecule has 0 spiro atoms. The van der Waals surface area contributed by atoms with Gasteiger partial charge in [-0.15, -0.1) is 0 Å². The number of nitrogens with zero attached hydrogens (tertiary/aromatic N) is 2. The van der Waals surface area contributed by atoms with E-state index in [1.807, 2.05) is 51.1 Å². The number of benzene rings is 2. The molecular weight excluding hydrogens is 388 g/mol. The number of fused-ring (bicyclic) bond motifs is 1. The van der Waals surface area contributed by atoms with E-state index < -0.39 is 10.0 Å². The van der Waals surface area contributed by atoms with Crippen LogP contribution in [0.3, 0.4) is 0 Å². The summed E-state index contributed by atoms with van der Waals surface area (Å²) in [6.07, 6.45) is 0. The number of rotatable bonds is 3. The van der Waals surface area contributed by atoms with Crippen LogP contribution in [0, 0.1) is 20.8 Å². The van der Waals surface area contributed by atoms with Crippen LogP contribution in [0.1, 0.15) is 27.2 Å². The fourth-order valence-corrected chi connectivity index (χ4v) is 5.18. The second kappa shape index (κ2) is 7.31. The number of furan rings is 1. The lowest BCUT2D eigenvalue weighted by Crippen LogP contribution is -2.50. The lowest BCUT2D eigenvalue weighted by molar-refractivity contribution is 0.0667. The summed E-state index contributed by atoms with van der Waals surface area (Å²) in [4.78, 5) is 14.9. The van der Waals surface area contributed by atoms with E-state index in [-0.39, 0.29) is 19.0 Å². The quantitative estimate of drug-likeness (QED) is 0.660. The molecule has 29 heavy (non-hydrogen) atoms. The van der Waals surface area contributed by atoms with Gasteiger partial charge in [0.15, 0.2) is 5.76 Å². The highest BCUT2D eigenvalue weighted by Crippen LogP contribution is 2.27. The summed E-state index contributed by atoms with van der Waals surface area (Å²) in [5, 5.41) is 0.923. The Labute approximate surface area is 170 Å². The molecule has 1 aliphatic heterocycles. The average Bonchev–Trinajstić information content (AvgIpc) is 3.06. The third-order valence-electron chi connectivity index (χ3n) is 5.68. The normalized spacial score (nSPS) is 15.8. The van der Waals surface area contributed by atoms with Gasteiger partial charge >= 0.3 is 0 Å². The Kier molecular flexibility index (Phi) is 4.96. The maximum absolute atomic E-state index is 13.0. The summed E-state index contributed by atoms with van der Waals surface area (Å²) < 4.78 is 33.2. The number of carbonyl (C=O) groups is 1. The molecule has 1 saturated heterocycles. The Balaban J connectivity index is 1.50. The van der Waals surface area contributed by atoms with Crippen molar-refractivity contribution in [2.75, 3.05) is 26.2 Å². The van der Waals surface area contributed by atoms with Gasteiger partial charge in [-0.25, -0.2) is 8.42 Å². The predicted molar refractivity (Wildman–Crippen MR) is 112 cm³/mol. The molecule has 4 rings (SSSR count). The molecule has 0 unspecified atom stereocenters. The molecule has 152 valence electrons. The van der Waals surface area contributed by atoms with Crippen molar-refractivity contribution in [3.8, 4) is 0 Å². The van der Waals surface area contributed by atoms with Crippen LogP contribution in [0.4, 0.5) is 0 Å². The summed E-state index contributed by atoms with van der Waals surface area (Å²) in [5.74, 6) is 0.138. The van der Waals surface area contributed by atoms with Crippen LogP contribution < -0.4 is 0 Å². The van der Waals surface area contributed by atoms with Gasteiger partial charge in [0, 0.05) is 37.1 Å². The standard InChI is InChI=1S/C22H24N2O4S/c1-15-8-9-18(14-16(15)2)29(26,27)24-12-10-23(11-13-24)22(25)21-17(3)19-6-4-5-7-20(19)28-21/h4-9,14H,10-13H2,1-3H3. The molecule has 0 saturated carbocycles. The Morgan fingerprint density at radius 1 is 0.931 bits per heavy atom. The third-order valence-corrected chi connectivity index (χ3v) is 7.57. The minimum absolute atomic E-state index is 0.193. The number of piperazine rings is 1. The molecule has 0 atom stereocenters. The molecule has 0 N–H and O–H groups in total. The summed E-state index contributed by atoms with van der Waals surface area (Å²) in [7, 11) is -3.57. The Hall–Kier alpha value is -2.64. The number of carbonyl (C=O) groups excluding carboxylic acids is 1. The summed E-state index contributed by atoms with van der Waals surface area (Å²) >= 11 is 0. The first-order chi connectivity index (χ1) is 13.8. The first-order valence-corrected chi connectivity index (χ1v) is 11.1. The van der Waals surface area contributed by atoms with Crippen molar-refractivity contribution in [3.63, 3.8) is 0 Å². The molecule has 3 aromatic rings. The second-order valence-corrected chi connectivity index (χ2v) is 9.43. The molecule has 2 aromatic carbocycles. The summed E-state index contributed by atoms with van der Waals surface area (Å²) in [6, 6.07) is 12.7. The van der Waals surface area contributed by atoms with Crippen molar-refractivity contribution < 1.29 is 17.6 Å². The van der Waals surface area contributed by atoms with Gasteiger partial charge in [-0.1, -0.05) is 24.3 Å². The van der Waals surface area contributed by atoms with Gasteiger partial charge in [0.1, 0.15) is 5.58 Å². The Bertz CT molecular complexity index is 1190.